The van der Waals surface area contributed by atoms with Gasteiger partial charge < -0.3 is 11.1 Å². The van der Waals surface area contributed by atoms with Crippen LogP contribution in [0.3, 0.4) is 0 Å². The lowest BCUT2D eigenvalue weighted by Crippen LogP contribution is -2.51. The Balaban J connectivity index is 0.00000200. The average Bonchev–Trinajstić information content (AvgIpc) is 2.40. The smallest absolute Gasteiger partial charge is 0.251 e. The lowest BCUT2D eigenvalue weighted by Gasteiger charge is -2.33. The van der Waals surface area contributed by atoms with E-state index in [2.05, 4.69) is 5.32 Å². The Morgan fingerprint density at radius 3 is 2.65 bits per heavy atom. The van der Waals surface area contributed by atoms with Crippen LogP contribution >= 0.6 is 24.0 Å². The molecule has 0 aromatic heterocycles. The summed E-state index contributed by atoms with van der Waals surface area (Å²) in [4.78, 5) is 12.2. The van der Waals surface area contributed by atoms with Gasteiger partial charge in [-0.3, -0.25) is 4.79 Å². The minimum atomic E-state index is -0.236. The van der Waals surface area contributed by atoms with Crippen LogP contribution in [-0.4, -0.2) is 18.0 Å². The Morgan fingerprint density at radius 1 is 1.35 bits per heavy atom. The molecule has 3 nitrogen and oxygen atoms in total. The minimum Gasteiger partial charge on any atom is -0.350 e. The highest BCUT2D eigenvalue weighted by Gasteiger charge is 2.27. The fraction of sp³-hybridized carbons (Fsp3) is 0.533. The summed E-state index contributed by atoms with van der Waals surface area (Å²) in [6.45, 7) is 2.45. The quantitative estimate of drug-likeness (QED) is 0.897. The zero-order valence-corrected chi connectivity index (χ0v) is 13.3. The van der Waals surface area contributed by atoms with Crippen LogP contribution in [0.5, 0.6) is 0 Å². The number of amides is 1. The van der Waals surface area contributed by atoms with Crippen molar-refractivity contribution in [1.29, 1.82) is 0 Å². The fourth-order valence-corrected chi connectivity index (χ4v) is 2.80. The number of nitrogens with one attached hydrogen (secondary N) is 1. The Labute approximate surface area is 131 Å². The van der Waals surface area contributed by atoms with Gasteiger partial charge in [-0.05, 0) is 37.5 Å². The van der Waals surface area contributed by atoms with Crippen molar-refractivity contribution >= 4 is 29.9 Å². The van der Waals surface area contributed by atoms with Crippen molar-refractivity contribution in [2.75, 3.05) is 6.54 Å². The summed E-state index contributed by atoms with van der Waals surface area (Å²) in [5.41, 5.74) is 7.64. The van der Waals surface area contributed by atoms with E-state index in [1.807, 2.05) is 13.0 Å². The van der Waals surface area contributed by atoms with Crippen molar-refractivity contribution in [3.8, 4) is 0 Å². The minimum absolute atomic E-state index is 0. The number of carbonyl (C=O) groups excluding carboxylic acids is 1. The predicted octanol–water partition coefficient (Wildman–Crippen LogP) is 3.46. The molecule has 0 atom stereocenters. The van der Waals surface area contributed by atoms with Gasteiger partial charge in [0.2, 0.25) is 0 Å². The van der Waals surface area contributed by atoms with E-state index < -0.39 is 0 Å². The Bertz CT molecular complexity index is 471. The third-order valence-corrected chi connectivity index (χ3v) is 4.13. The topological polar surface area (TPSA) is 55.1 Å². The van der Waals surface area contributed by atoms with E-state index in [-0.39, 0.29) is 23.9 Å². The van der Waals surface area contributed by atoms with Gasteiger partial charge in [0, 0.05) is 22.7 Å². The van der Waals surface area contributed by atoms with Gasteiger partial charge in [0.1, 0.15) is 0 Å². The molecule has 3 N–H and O–H groups in total. The first kappa shape index (κ1) is 17.3. The highest BCUT2D eigenvalue weighted by Crippen LogP contribution is 2.25. The molecule has 0 radical (unpaired) electrons. The van der Waals surface area contributed by atoms with Crippen molar-refractivity contribution < 1.29 is 4.79 Å². The van der Waals surface area contributed by atoms with Gasteiger partial charge in [0.25, 0.3) is 5.91 Å². The molecule has 0 unspecified atom stereocenters. The van der Waals surface area contributed by atoms with Gasteiger partial charge in [-0.2, -0.15) is 0 Å². The standard InChI is InChI=1S/C15H21ClN2O.ClH/c1-11-5-6-12(16)9-13(11)14(19)18-10-15(17)7-3-2-4-8-15;/h5-6,9H,2-4,7-8,10,17H2,1H3,(H,18,19);1H. The molecule has 1 fully saturated rings. The van der Waals surface area contributed by atoms with Crippen LogP contribution in [0, 0.1) is 6.92 Å². The summed E-state index contributed by atoms with van der Waals surface area (Å²) in [6.07, 6.45) is 5.54. The molecule has 112 valence electrons. The van der Waals surface area contributed by atoms with Crippen molar-refractivity contribution in [3.05, 3.63) is 34.3 Å². The molecule has 0 aliphatic heterocycles. The van der Waals surface area contributed by atoms with E-state index in [1.54, 1.807) is 12.1 Å². The van der Waals surface area contributed by atoms with E-state index in [1.165, 1.54) is 6.42 Å². The molecular formula is C15H22Cl2N2O. The molecule has 2 rings (SSSR count). The second-order valence-corrected chi connectivity index (χ2v) is 6.00. The van der Waals surface area contributed by atoms with Crippen molar-refractivity contribution in [1.82, 2.24) is 5.32 Å². The fourth-order valence-electron chi connectivity index (χ4n) is 2.62. The first-order chi connectivity index (χ1) is 9.00. The maximum Gasteiger partial charge on any atom is 0.251 e. The molecule has 1 amide bonds. The number of aryl methyl sites for hydroxylation is 1. The number of nitrogens with two attached hydrogens (primary N) is 1. The number of benzene rings is 1. The van der Waals surface area contributed by atoms with Crippen LogP contribution in [-0.2, 0) is 0 Å². The molecule has 20 heavy (non-hydrogen) atoms. The van der Waals surface area contributed by atoms with E-state index in [0.29, 0.717) is 17.1 Å². The summed E-state index contributed by atoms with van der Waals surface area (Å²) in [5, 5.41) is 3.53. The molecule has 0 spiro atoms. The summed E-state index contributed by atoms with van der Waals surface area (Å²) < 4.78 is 0. The van der Waals surface area contributed by atoms with E-state index >= 15 is 0 Å². The second kappa shape index (κ2) is 7.30. The zero-order valence-electron chi connectivity index (χ0n) is 11.7. The predicted molar refractivity (Wildman–Crippen MR) is 85.8 cm³/mol. The number of hydrogen-bond acceptors (Lipinski definition) is 2. The number of rotatable bonds is 3. The number of hydrogen-bond donors (Lipinski definition) is 2. The number of halogens is 2. The summed E-state index contributed by atoms with van der Waals surface area (Å²) >= 11 is 5.93. The Kier molecular flexibility index (Phi) is 6.31. The van der Waals surface area contributed by atoms with Crippen LogP contribution in [0.4, 0.5) is 0 Å². The highest BCUT2D eigenvalue weighted by atomic mass is 35.5. The van der Waals surface area contributed by atoms with Crippen molar-refractivity contribution in [2.45, 2.75) is 44.6 Å². The molecule has 1 aliphatic rings. The molecule has 1 saturated carbocycles. The maximum atomic E-state index is 12.2. The summed E-state index contributed by atoms with van der Waals surface area (Å²) in [7, 11) is 0. The highest BCUT2D eigenvalue weighted by molar-refractivity contribution is 6.31. The molecular weight excluding hydrogens is 295 g/mol. The Morgan fingerprint density at radius 2 is 2.00 bits per heavy atom. The number of carbonyl (C=O) groups is 1. The monoisotopic (exact) mass is 316 g/mol. The maximum absolute atomic E-state index is 12.2. The molecule has 0 heterocycles. The second-order valence-electron chi connectivity index (χ2n) is 5.56. The first-order valence-electron chi connectivity index (χ1n) is 6.83. The Hall–Kier alpha value is -0.770. The van der Waals surface area contributed by atoms with Gasteiger partial charge in [0.05, 0.1) is 0 Å². The van der Waals surface area contributed by atoms with Crippen LogP contribution in [0.25, 0.3) is 0 Å². The van der Waals surface area contributed by atoms with Gasteiger partial charge >= 0.3 is 0 Å². The average molecular weight is 317 g/mol. The van der Waals surface area contributed by atoms with Crippen LogP contribution in [0.1, 0.15) is 48.0 Å². The third kappa shape index (κ3) is 4.37. The van der Waals surface area contributed by atoms with Gasteiger partial charge in [0.15, 0.2) is 0 Å². The molecule has 1 aromatic carbocycles. The van der Waals surface area contributed by atoms with Gasteiger partial charge in [-0.15, -0.1) is 12.4 Å². The third-order valence-electron chi connectivity index (χ3n) is 3.89. The summed E-state index contributed by atoms with van der Waals surface area (Å²) in [5.74, 6) is -0.0876. The molecule has 1 aliphatic carbocycles. The van der Waals surface area contributed by atoms with E-state index in [4.69, 9.17) is 17.3 Å². The molecule has 0 bridgehead atoms. The zero-order chi connectivity index (χ0) is 13.9. The van der Waals surface area contributed by atoms with E-state index in [9.17, 15) is 4.79 Å². The van der Waals surface area contributed by atoms with Crippen LogP contribution in [0.2, 0.25) is 5.02 Å². The first-order valence-corrected chi connectivity index (χ1v) is 7.21. The lowest BCUT2D eigenvalue weighted by molar-refractivity contribution is 0.0937. The normalized spacial score (nSPS) is 17.1. The van der Waals surface area contributed by atoms with Crippen LogP contribution < -0.4 is 11.1 Å². The molecule has 5 heteroatoms. The van der Waals surface area contributed by atoms with Gasteiger partial charge in [-0.25, -0.2) is 0 Å². The largest absolute Gasteiger partial charge is 0.350 e. The van der Waals surface area contributed by atoms with Gasteiger partial charge in [-0.1, -0.05) is 36.9 Å². The summed E-state index contributed by atoms with van der Waals surface area (Å²) in [6, 6.07) is 5.35. The van der Waals surface area contributed by atoms with Crippen molar-refractivity contribution in [3.63, 3.8) is 0 Å². The van der Waals surface area contributed by atoms with Crippen LogP contribution in [0.15, 0.2) is 18.2 Å². The molecule has 0 saturated heterocycles. The lowest BCUT2D eigenvalue weighted by atomic mass is 9.82. The SMILES string of the molecule is Cc1ccc(Cl)cc1C(=O)NCC1(N)CCCCC1.Cl. The van der Waals surface area contributed by atoms with E-state index in [0.717, 1.165) is 31.2 Å². The van der Waals surface area contributed by atoms with Crippen molar-refractivity contribution in [2.24, 2.45) is 5.73 Å². The molecule has 1 aromatic rings.